The van der Waals surface area contributed by atoms with E-state index in [2.05, 4.69) is 33.1 Å². The third-order valence-corrected chi connectivity index (χ3v) is 3.90. The Bertz CT molecular complexity index is 605. The van der Waals surface area contributed by atoms with Crippen molar-refractivity contribution in [2.75, 3.05) is 7.11 Å². The Labute approximate surface area is 133 Å². The number of unbranched alkanes of at least 4 members (excludes halogenated alkanes) is 1. The van der Waals surface area contributed by atoms with Crippen molar-refractivity contribution in [3.8, 4) is 0 Å². The van der Waals surface area contributed by atoms with E-state index in [1.54, 1.807) is 0 Å². The number of carbonyl (C=O) groups is 1. The molecule has 0 saturated heterocycles. The van der Waals surface area contributed by atoms with Gasteiger partial charge in [-0.3, -0.25) is 5.10 Å². The van der Waals surface area contributed by atoms with Crippen molar-refractivity contribution >= 4 is 21.9 Å². The van der Waals surface area contributed by atoms with Gasteiger partial charge in [0, 0.05) is 10.9 Å². The van der Waals surface area contributed by atoms with Crippen LogP contribution in [0.1, 0.15) is 47.1 Å². The topological polar surface area (TPSA) is 55.0 Å². The van der Waals surface area contributed by atoms with Gasteiger partial charge in [-0.25, -0.2) is 4.79 Å². The zero-order chi connectivity index (χ0) is 15.2. The van der Waals surface area contributed by atoms with Crippen LogP contribution in [0.3, 0.4) is 0 Å². The summed E-state index contributed by atoms with van der Waals surface area (Å²) in [6.45, 7) is 2.12. The molecule has 0 fully saturated rings. The van der Waals surface area contributed by atoms with Gasteiger partial charge in [0.15, 0.2) is 0 Å². The zero-order valence-electron chi connectivity index (χ0n) is 12.3. The summed E-state index contributed by atoms with van der Waals surface area (Å²) < 4.78 is 5.94. The SMILES string of the molecule is CCCCc1n[nH]c(Cc2ccc(Br)cc2)c1C(=O)OC. The number of aryl methyl sites for hydroxylation is 1. The number of hydrogen-bond donors (Lipinski definition) is 1. The number of methoxy groups -OCH3 is 1. The Kier molecular flexibility index (Phi) is 5.56. The van der Waals surface area contributed by atoms with Crippen molar-refractivity contribution in [3.63, 3.8) is 0 Å². The summed E-state index contributed by atoms with van der Waals surface area (Å²) in [5.41, 5.74) is 3.33. The maximum absolute atomic E-state index is 12.0. The number of halogens is 1. The highest BCUT2D eigenvalue weighted by Crippen LogP contribution is 2.20. The van der Waals surface area contributed by atoms with Gasteiger partial charge >= 0.3 is 5.97 Å². The van der Waals surface area contributed by atoms with E-state index < -0.39 is 0 Å². The van der Waals surface area contributed by atoms with Gasteiger partial charge < -0.3 is 4.74 Å². The number of nitrogens with one attached hydrogen (secondary N) is 1. The van der Waals surface area contributed by atoms with Crippen LogP contribution in [0.15, 0.2) is 28.7 Å². The normalized spacial score (nSPS) is 10.6. The van der Waals surface area contributed by atoms with Gasteiger partial charge in [-0.1, -0.05) is 41.4 Å². The number of esters is 1. The second-order valence-corrected chi connectivity index (χ2v) is 5.84. The van der Waals surface area contributed by atoms with Crippen molar-refractivity contribution in [1.82, 2.24) is 10.2 Å². The number of rotatable bonds is 6. The first-order valence-corrected chi connectivity index (χ1v) is 7.83. The molecule has 4 nitrogen and oxygen atoms in total. The molecule has 0 aliphatic heterocycles. The van der Waals surface area contributed by atoms with E-state index >= 15 is 0 Å². The van der Waals surface area contributed by atoms with Gasteiger partial charge in [-0.2, -0.15) is 5.10 Å². The molecule has 5 heteroatoms. The first-order chi connectivity index (χ1) is 10.2. The molecule has 21 heavy (non-hydrogen) atoms. The van der Waals surface area contributed by atoms with Crippen LogP contribution in [-0.4, -0.2) is 23.3 Å². The van der Waals surface area contributed by atoms with E-state index in [9.17, 15) is 4.79 Å². The van der Waals surface area contributed by atoms with Crippen LogP contribution in [-0.2, 0) is 17.6 Å². The molecule has 1 N–H and O–H groups in total. The predicted octanol–water partition coefficient (Wildman–Crippen LogP) is 3.89. The molecule has 0 saturated carbocycles. The highest BCUT2D eigenvalue weighted by Gasteiger charge is 2.20. The number of nitrogens with zero attached hydrogens (tertiary/aromatic N) is 1. The number of aromatic amines is 1. The number of carbonyl (C=O) groups excluding carboxylic acids is 1. The minimum atomic E-state index is -0.318. The van der Waals surface area contributed by atoms with E-state index in [0.29, 0.717) is 12.0 Å². The molecule has 1 aromatic carbocycles. The molecule has 1 aromatic heterocycles. The van der Waals surface area contributed by atoms with Crippen LogP contribution in [0, 0.1) is 0 Å². The van der Waals surface area contributed by atoms with E-state index in [0.717, 1.165) is 40.7 Å². The molecular weight excluding hydrogens is 332 g/mol. The largest absolute Gasteiger partial charge is 0.465 e. The summed E-state index contributed by atoms with van der Waals surface area (Å²) >= 11 is 3.42. The van der Waals surface area contributed by atoms with Crippen LogP contribution in [0.2, 0.25) is 0 Å². The average Bonchev–Trinajstić information content (AvgIpc) is 2.89. The van der Waals surface area contributed by atoms with E-state index in [-0.39, 0.29) is 5.97 Å². The fourth-order valence-corrected chi connectivity index (χ4v) is 2.49. The summed E-state index contributed by atoms with van der Waals surface area (Å²) in [6.07, 6.45) is 3.50. The van der Waals surface area contributed by atoms with Gasteiger partial charge in [0.05, 0.1) is 18.5 Å². The minimum absolute atomic E-state index is 0.318. The number of aromatic nitrogens is 2. The van der Waals surface area contributed by atoms with Gasteiger partial charge in [0.2, 0.25) is 0 Å². The first kappa shape index (κ1) is 15.8. The third-order valence-electron chi connectivity index (χ3n) is 3.37. The number of ether oxygens (including phenoxy) is 1. The second kappa shape index (κ2) is 7.41. The lowest BCUT2D eigenvalue weighted by atomic mass is 10.0. The number of benzene rings is 1. The van der Waals surface area contributed by atoms with Crippen molar-refractivity contribution in [3.05, 3.63) is 51.3 Å². The van der Waals surface area contributed by atoms with Crippen LogP contribution in [0.5, 0.6) is 0 Å². The van der Waals surface area contributed by atoms with Crippen LogP contribution < -0.4 is 0 Å². The molecule has 0 aliphatic rings. The monoisotopic (exact) mass is 350 g/mol. The predicted molar refractivity (Wildman–Crippen MR) is 85.5 cm³/mol. The molecule has 0 bridgehead atoms. The minimum Gasteiger partial charge on any atom is -0.465 e. The van der Waals surface area contributed by atoms with Crippen LogP contribution in [0.25, 0.3) is 0 Å². The fourth-order valence-electron chi connectivity index (χ4n) is 2.22. The Morgan fingerprint density at radius 1 is 1.33 bits per heavy atom. The smallest absolute Gasteiger partial charge is 0.341 e. The molecule has 112 valence electrons. The van der Waals surface area contributed by atoms with Crippen LogP contribution >= 0.6 is 15.9 Å². The highest BCUT2D eigenvalue weighted by molar-refractivity contribution is 9.10. The number of H-pyrrole nitrogens is 1. The first-order valence-electron chi connectivity index (χ1n) is 7.04. The van der Waals surface area contributed by atoms with Crippen molar-refractivity contribution in [2.24, 2.45) is 0 Å². The molecule has 0 aliphatic carbocycles. The highest BCUT2D eigenvalue weighted by atomic mass is 79.9. The van der Waals surface area contributed by atoms with Gasteiger partial charge in [-0.05, 0) is 30.5 Å². The van der Waals surface area contributed by atoms with Crippen molar-refractivity contribution in [2.45, 2.75) is 32.6 Å². The summed E-state index contributed by atoms with van der Waals surface area (Å²) in [5.74, 6) is -0.318. The molecule has 0 unspecified atom stereocenters. The Morgan fingerprint density at radius 3 is 2.67 bits per heavy atom. The van der Waals surface area contributed by atoms with Crippen molar-refractivity contribution in [1.29, 1.82) is 0 Å². The standard InChI is InChI=1S/C16H19BrN2O2/c1-3-4-5-13-15(16(20)21-2)14(19-18-13)10-11-6-8-12(17)9-7-11/h6-9H,3-5,10H2,1-2H3,(H,18,19). The zero-order valence-corrected chi connectivity index (χ0v) is 13.9. The second-order valence-electron chi connectivity index (χ2n) is 4.92. The van der Waals surface area contributed by atoms with Crippen molar-refractivity contribution < 1.29 is 9.53 Å². The lowest BCUT2D eigenvalue weighted by molar-refractivity contribution is 0.0598. The summed E-state index contributed by atoms with van der Waals surface area (Å²) in [4.78, 5) is 12.0. The maximum atomic E-state index is 12.0. The Hall–Kier alpha value is -1.62. The van der Waals surface area contributed by atoms with Gasteiger partial charge in [-0.15, -0.1) is 0 Å². The summed E-state index contributed by atoms with van der Waals surface area (Å²) in [6, 6.07) is 8.03. The van der Waals surface area contributed by atoms with E-state index in [4.69, 9.17) is 4.74 Å². The molecular formula is C16H19BrN2O2. The average molecular weight is 351 g/mol. The quantitative estimate of drug-likeness (QED) is 0.804. The molecule has 2 aromatic rings. The van der Waals surface area contributed by atoms with Crippen LogP contribution in [0.4, 0.5) is 0 Å². The molecule has 0 atom stereocenters. The molecule has 0 amide bonds. The molecule has 0 radical (unpaired) electrons. The molecule has 2 rings (SSSR count). The summed E-state index contributed by atoms with van der Waals surface area (Å²) in [7, 11) is 1.41. The number of hydrogen-bond acceptors (Lipinski definition) is 3. The van der Waals surface area contributed by atoms with E-state index in [1.165, 1.54) is 7.11 Å². The van der Waals surface area contributed by atoms with E-state index in [1.807, 2.05) is 24.3 Å². The molecule has 0 spiro atoms. The molecule has 1 heterocycles. The summed E-state index contributed by atoms with van der Waals surface area (Å²) in [5, 5.41) is 7.30. The Morgan fingerprint density at radius 2 is 2.05 bits per heavy atom. The third kappa shape index (κ3) is 3.94. The lowest BCUT2D eigenvalue weighted by Gasteiger charge is -2.04. The maximum Gasteiger partial charge on any atom is 0.341 e. The van der Waals surface area contributed by atoms with Gasteiger partial charge in [0.1, 0.15) is 5.56 Å². The van der Waals surface area contributed by atoms with Gasteiger partial charge in [0.25, 0.3) is 0 Å². The fraction of sp³-hybridized carbons (Fsp3) is 0.375. The Balaban J connectivity index is 2.27. The lowest BCUT2D eigenvalue weighted by Crippen LogP contribution is -2.07.